The molecule has 0 unspecified atom stereocenters. The van der Waals surface area contributed by atoms with Gasteiger partial charge in [-0.15, -0.1) is 0 Å². The van der Waals surface area contributed by atoms with E-state index >= 15 is 0 Å². The largest absolute Gasteiger partial charge is 0.392 e. The fourth-order valence-electron chi connectivity index (χ4n) is 2.19. The minimum atomic E-state index is -0.122. The van der Waals surface area contributed by atoms with Crippen LogP contribution < -0.4 is 0 Å². The second kappa shape index (κ2) is 5.36. The van der Waals surface area contributed by atoms with E-state index in [2.05, 4.69) is 9.97 Å². The highest BCUT2D eigenvalue weighted by molar-refractivity contribution is 5.78. The topological polar surface area (TPSA) is 66.2 Å². The Balaban J connectivity index is 2.16. The minimum absolute atomic E-state index is 0.117. The van der Waals surface area contributed by atoms with Crippen molar-refractivity contribution in [3.63, 3.8) is 0 Å². The maximum Gasteiger partial charge on any atom is 0.0898 e. The number of rotatable bonds is 3. The van der Waals surface area contributed by atoms with Crippen molar-refractivity contribution < 1.29 is 10.2 Å². The molecule has 20 heavy (non-hydrogen) atoms. The van der Waals surface area contributed by atoms with E-state index in [1.807, 2.05) is 30.3 Å². The first-order valence-electron chi connectivity index (χ1n) is 6.37. The molecule has 2 aromatic carbocycles. The third-order valence-electron chi connectivity index (χ3n) is 3.27. The van der Waals surface area contributed by atoms with Gasteiger partial charge in [-0.05, 0) is 23.3 Å². The summed E-state index contributed by atoms with van der Waals surface area (Å²) < 4.78 is 0. The van der Waals surface area contributed by atoms with Crippen LogP contribution in [0, 0.1) is 0 Å². The van der Waals surface area contributed by atoms with Gasteiger partial charge in [0.15, 0.2) is 0 Å². The number of nitrogens with zero attached hydrogens (tertiary/aromatic N) is 2. The van der Waals surface area contributed by atoms with Crippen LogP contribution in [0.1, 0.15) is 11.1 Å². The van der Waals surface area contributed by atoms with Gasteiger partial charge in [-0.1, -0.05) is 30.3 Å². The summed E-state index contributed by atoms with van der Waals surface area (Å²) >= 11 is 0. The molecule has 0 saturated heterocycles. The summed E-state index contributed by atoms with van der Waals surface area (Å²) in [6, 6.07) is 13.4. The van der Waals surface area contributed by atoms with Crippen molar-refractivity contribution in [2.24, 2.45) is 0 Å². The van der Waals surface area contributed by atoms with Crippen LogP contribution in [0.15, 0.2) is 48.7 Å². The Labute approximate surface area is 116 Å². The van der Waals surface area contributed by atoms with Gasteiger partial charge in [-0.3, -0.25) is 4.98 Å². The molecule has 100 valence electrons. The molecule has 4 nitrogen and oxygen atoms in total. The van der Waals surface area contributed by atoms with E-state index < -0.39 is 0 Å². The van der Waals surface area contributed by atoms with Crippen molar-refractivity contribution in [3.05, 3.63) is 59.8 Å². The summed E-state index contributed by atoms with van der Waals surface area (Å²) in [5.41, 5.74) is 4.58. The Morgan fingerprint density at radius 2 is 1.50 bits per heavy atom. The third-order valence-corrected chi connectivity index (χ3v) is 3.27. The molecule has 0 bridgehead atoms. The van der Waals surface area contributed by atoms with Gasteiger partial charge in [0.2, 0.25) is 0 Å². The Morgan fingerprint density at radius 1 is 0.850 bits per heavy atom. The molecule has 0 aliphatic heterocycles. The molecule has 0 aliphatic rings. The molecule has 0 saturated carbocycles. The lowest BCUT2D eigenvalue weighted by molar-refractivity contribution is 0.260. The van der Waals surface area contributed by atoms with Gasteiger partial charge < -0.3 is 10.2 Å². The van der Waals surface area contributed by atoms with E-state index in [0.29, 0.717) is 22.2 Å². The lowest BCUT2D eigenvalue weighted by Crippen LogP contribution is -1.97. The van der Waals surface area contributed by atoms with Crippen LogP contribution >= 0.6 is 0 Å². The van der Waals surface area contributed by atoms with E-state index in [4.69, 9.17) is 0 Å². The first-order chi connectivity index (χ1) is 9.81. The van der Waals surface area contributed by atoms with E-state index in [9.17, 15) is 10.2 Å². The molecule has 2 N–H and O–H groups in total. The van der Waals surface area contributed by atoms with Gasteiger partial charge in [-0.25, -0.2) is 4.98 Å². The highest BCUT2D eigenvalue weighted by Crippen LogP contribution is 2.22. The summed E-state index contributed by atoms with van der Waals surface area (Å²) in [4.78, 5) is 8.96. The number of aliphatic hydroxyl groups is 2. The molecule has 3 rings (SSSR count). The zero-order chi connectivity index (χ0) is 13.9. The molecule has 4 heteroatoms. The second-order valence-electron chi connectivity index (χ2n) is 4.55. The number of benzene rings is 2. The average Bonchev–Trinajstić information content (AvgIpc) is 2.53. The number of hydrogen-bond donors (Lipinski definition) is 2. The maximum absolute atomic E-state index is 9.34. The zero-order valence-corrected chi connectivity index (χ0v) is 10.8. The van der Waals surface area contributed by atoms with Crippen LogP contribution in [-0.2, 0) is 13.2 Å². The summed E-state index contributed by atoms with van der Waals surface area (Å²) in [7, 11) is 0. The normalized spacial score (nSPS) is 10.9. The third kappa shape index (κ3) is 2.27. The second-order valence-corrected chi connectivity index (χ2v) is 4.55. The first-order valence-corrected chi connectivity index (χ1v) is 6.37. The van der Waals surface area contributed by atoms with Crippen molar-refractivity contribution in [2.75, 3.05) is 0 Å². The van der Waals surface area contributed by atoms with E-state index in [1.165, 1.54) is 0 Å². The summed E-state index contributed by atoms with van der Waals surface area (Å²) in [6.07, 6.45) is 1.72. The van der Waals surface area contributed by atoms with Gasteiger partial charge in [0.1, 0.15) is 0 Å². The SMILES string of the molecule is OCc1cc2ncc(-c3ccccc3)nc2cc1CO. The molecular weight excluding hydrogens is 252 g/mol. The van der Waals surface area contributed by atoms with E-state index in [1.54, 1.807) is 18.3 Å². The lowest BCUT2D eigenvalue weighted by Gasteiger charge is -2.08. The number of fused-ring (bicyclic) bond motifs is 1. The van der Waals surface area contributed by atoms with Gasteiger partial charge >= 0.3 is 0 Å². The van der Waals surface area contributed by atoms with Crippen molar-refractivity contribution >= 4 is 11.0 Å². The quantitative estimate of drug-likeness (QED) is 0.763. The molecule has 0 spiro atoms. The Bertz CT molecular complexity index is 742. The number of aromatic nitrogens is 2. The van der Waals surface area contributed by atoms with Crippen molar-refractivity contribution in [3.8, 4) is 11.3 Å². The first kappa shape index (κ1) is 12.7. The fourth-order valence-corrected chi connectivity index (χ4v) is 2.19. The minimum Gasteiger partial charge on any atom is -0.392 e. The van der Waals surface area contributed by atoms with Gasteiger partial charge in [0.25, 0.3) is 0 Å². The number of aliphatic hydroxyl groups excluding tert-OH is 2. The van der Waals surface area contributed by atoms with Crippen LogP contribution in [0.3, 0.4) is 0 Å². The Morgan fingerprint density at radius 3 is 2.15 bits per heavy atom. The smallest absolute Gasteiger partial charge is 0.0898 e. The van der Waals surface area contributed by atoms with Crippen LogP contribution in [-0.4, -0.2) is 20.2 Å². The predicted molar refractivity (Wildman–Crippen MR) is 76.8 cm³/mol. The van der Waals surface area contributed by atoms with Crippen molar-refractivity contribution in [1.82, 2.24) is 9.97 Å². The molecule has 0 fully saturated rings. The summed E-state index contributed by atoms with van der Waals surface area (Å²) in [5.74, 6) is 0. The maximum atomic E-state index is 9.34. The molecule has 1 heterocycles. The van der Waals surface area contributed by atoms with Crippen molar-refractivity contribution in [2.45, 2.75) is 13.2 Å². The summed E-state index contributed by atoms with van der Waals surface area (Å²) in [5, 5.41) is 18.6. The van der Waals surface area contributed by atoms with Crippen LogP contribution in [0.2, 0.25) is 0 Å². The molecule has 0 aliphatic carbocycles. The molecule has 0 atom stereocenters. The van der Waals surface area contributed by atoms with Crippen LogP contribution in [0.5, 0.6) is 0 Å². The monoisotopic (exact) mass is 266 g/mol. The van der Waals surface area contributed by atoms with E-state index in [0.717, 1.165) is 11.3 Å². The Kier molecular flexibility index (Phi) is 3.41. The highest BCUT2D eigenvalue weighted by Gasteiger charge is 2.07. The fraction of sp³-hybridized carbons (Fsp3) is 0.125. The highest BCUT2D eigenvalue weighted by atomic mass is 16.3. The van der Waals surface area contributed by atoms with Gasteiger partial charge in [0, 0.05) is 5.56 Å². The predicted octanol–water partition coefficient (Wildman–Crippen LogP) is 2.28. The van der Waals surface area contributed by atoms with Crippen LogP contribution in [0.4, 0.5) is 0 Å². The number of hydrogen-bond acceptors (Lipinski definition) is 4. The standard InChI is InChI=1S/C16H14N2O2/c19-9-12-6-14-15(7-13(12)10-20)18-16(8-17-14)11-4-2-1-3-5-11/h1-8,19-20H,9-10H2. The molecular formula is C16H14N2O2. The molecule has 1 aromatic heterocycles. The van der Waals surface area contributed by atoms with E-state index in [-0.39, 0.29) is 13.2 Å². The Hall–Kier alpha value is -2.30. The molecule has 0 amide bonds. The molecule has 3 aromatic rings. The summed E-state index contributed by atoms with van der Waals surface area (Å²) in [6.45, 7) is -0.239. The average molecular weight is 266 g/mol. The van der Waals surface area contributed by atoms with Crippen LogP contribution in [0.25, 0.3) is 22.3 Å². The van der Waals surface area contributed by atoms with Gasteiger partial charge in [0.05, 0.1) is 36.1 Å². The van der Waals surface area contributed by atoms with Gasteiger partial charge in [-0.2, -0.15) is 0 Å². The lowest BCUT2D eigenvalue weighted by atomic mass is 10.1. The molecule has 0 radical (unpaired) electrons. The zero-order valence-electron chi connectivity index (χ0n) is 10.8. The van der Waals surface area contributed by atoms with Crippen molar-refractivity contribution in [1.29, 1.82) is 0 Å².